The number of thioether (sulfide) groups is 1. The number of hydrogen-bond acceptors (Lipinski definition) is 5. The highest BCUT2D eigenvalue weighted by Crippen LogP contribution is 2.32. The predicted octanol–water partition coefficient (Wildman–Crippen LogP) is 4.84. The maximum absolute atomic E-state index is 13.1. The zero-order valence-corrected chi connectivity index (χ0v) is 19.3. The number of rotatable bonds is 7. The zero-order chi connectivity index (χ0) is 22.5. The minimum Gasteiger partial charge on any atom is -0.354 e. The van der Waals surface area contributed by atoms with E-state index in [2.05, 4.69) is 10.3 Å². The Kier molecular flexibility index (Phi) is 7.24. The van der Waals surface area contributed by atoms with Crippen molar-refractivity contribution in [2.45, 2.75) is 6.42 Å². The number of nitrogens with zero attached hydrogens (tertiary/aromatic N) is 2. The lowest BCUT2D eigenvalue weighted by molar-refractivity contribution is -0.131. The van der Waals surface area contributed by atoms with Gasteiger partial charge in [-0.15, -0.1) is 11.3 Å². The van der Waals surface area contributed by atoms with Gasteiger partial charge in [-0.3, -0.25) is 14.5 Å². The van der Waals surface area contributed by atoms with Crippen LogP contribution < -0.4 is 5.32 Å². The van der Waals surface area contributed by atoms with Crippen LogP contribution in [0.3, 0.4) is 0 Å². The first-order chi connectivity index (χ1) is 15.5. The molecule has 9 heteroatoms. The fourth-order valence-electron chi connectivity index (χ4n) is 3.11. The Morgan fingerprint density at radius 1 is 1.19 bits per heavy atom. The summed E-state index contributed by atoms with van der Waals surface area (Å²) in [4.78, 5) is 30.8. The molecule has 0 atom stereocenters. The van der Waals surface area contributed by atoms with Crippen molar-refractivity contribution in [3.05, 3.63) is 80.4 Å². The van der Waals surface area contributed by atoms with Crippen molar-refractivity contribution in [3.8, 4) is 11.3 Å². The summed E-state index contributed by atoms with van der Waals surface area (Å²) in [6.45, 7) is 0.441. The van der Waals surface area contributed by atoms with E-state index in [1.807, 2.05) is 35.7 Å². The molecule has 1 aliphatic rings. The molecule has 2 heterocycles. The maximum Gasteiger partial charge on any atom is 0.240 e. The monoisotopic (exact) mass is 487 g/mol. The van der Waals surface area contributed by atoms with E-state index < -0.39 is 0 Å². The van der Waals surface area contributed by atoms with E-state index in [1.165, 1.54) is 40.1 Å². The maximum atomic E-state index is 13.1. The van der Waals surface area contributed by atoms with Crippen LogP contribution in [0.2, 0.25) is 5.02 Å². The lowest BCUT2D eigenvalue weighted by Crippen LogP contribution is -2.38. The molecule has 1 aliphatic heterocycles. The number of amides is 2. The summed E-state index contributed by atoms with van der Waals surface area (Å²) >= 11 is 8.70. The number of halogens is 2. The first kappa shape index (κ1) is 22.5. The second-order valence-electron chi connectivity index (χ2n) is 7.06. The van der Waals surface area contributed by atoms with Crippen LogP contribution in [0.5, 0.6) is 0 Å². The fraction of sp³-hybridized carbons (Fsp3) is 0.174. The van der Waals surface area contributed by atoms with Gasteiger partial charge in [-0.1, -0.05) is 35.5 Å². The molecule has 1 saturated heterocycles. The molecule has 164 valence electrons. The second-order valence-corrected chi connectivity index (χ2v) is 9.38. The van der Waals surface area contributed by atoms with E-state index in [0.29, 0.717) is 28.8 Å². The minimum absolute atomic E-state index is 0.0333. The van der Waals surface area contributed by atoms with Crippen LogP contribution in [0, 0.1) is 5.82 Å². The summed E-state index contributed by atoms with van der Waals surface area (Å²) in [5.74, 6) is -0.328. The van der Waals surface area contributed by atoms with Gasteiger partial charge in [0.15, 0.2) is 0 Å². The van der Waals surface area contributed by atoms with Crippen molar-refractivity contribution in [1.82, 2.24) is 15.2 Å². The van der Waals surface area contributed by atoms with Crippen molar-refractivity contribution in [2.24, 2.45) is 0 Å². The van der Waals surface area contributed by atoms with Gasteiger partial charge in [0.2, 0.25) is 11.8 Å². The van der Waals surface area contributed by atoms with E-state index in [1.54, 1.807) is 12.1 Å². The number of hydrogen-bond donors (Lipinski definition) is 1. The number of benzene rings is 2. The van der Waals surface area contributed by atoms with Crippen molar-refractivity contribution in [3.63, 3.8) is 0 Å². The Bertz CT molecular complexity index is 1150. The molecule has 2 amide bonds. The van der Waals surface area contributed by atoms with Crippen molar-refractivity contribution < 1.29 is 14.0 Å². The molecule has 2 aromatic carbocycles. The van der Waals surface area contributed by atoms with Gasteiger partial charge in [-0.25, -0.2) is 9.37 Å². The SMILES string of the molecule is O=C(CN1C(=O)CS/C1=C\c1nc(-c2ccc(F)cc2)cs1)NCCc1ccc(Cl)cc1. The predicted molar refractivity (Wildman–Crippen MR) is 128 cm³/mol. The first-order valence-corrected chi connectivity index (χ1v) is 12.1. The normalized spacial score (nSPS) is 14.9. The smallest absolute Gasteiger partial charge is 0.240 e. The van der Waals surface area contributed by atoms with Gasteiger partial charge in [0, 0.05) is 28.6 Å². The van der Waals surface area contributed by atoms with E-state index in [0.717, 1.165) is 21.8 Å². The Morgan fingerprint density at radius 3 is 2.69 bits per heavy atom. The molecule has 0 aliphatic carbocycles. The van der Waals surface area contributed by atoms with Crippen molar-refractivity contribution in [2.75, 3.05) is 18.8 Å². The zero-order valence-electron chi connectivity index (χ0n) is 16.9. The molecule has 1 aromatic heterocycles. The van der Waals surface area contributed by atoms with Gasteiger partial charge >= 0.3 is 0 Å². The van der Waals surface area contributed by atoms with E-state index in [9.17, 15) is 14.0 Å². The lowest BCUT2D eigenvalue weighted by atomic mass is 10.1. The van der Waals surface area contributed by atoms with Gasteiger partial charge in [-0.2, -0.15) is 0 Å². The van der Waals surface area contributed by atoms with Crippen molar-refractivity contribution in [1.29, 1.82) is 0 Å². The highest BCUT2D eigenvalue weighted by atomic mass is 35.5. The Balaban J connectivity index is 1.36. The van der Waals surface area contributed by atoms with Crippen LogP contribution in [0.25, 0.3) is 17.3 Å². The molecule has 1 N–H and O–H groups in total. The molecular formula is C23H19ClFN3O2S2. The molecular weight excluding hydrogens is 469 g/mol. The average molecular weight is 488 g/mol. The standard InChI is InChI=1S/C23H19ClFN3O2S2/c24-17-5-1-15(2-6-17)9-10-26-20(29)12-28-22(30)14-32-23(28)11-21-27-19(13-31-21)16-3-7-18(25)8-4-16/h1-8,11,13H,9-10,12,14H2,(H,26,29)/b23-11-. The third kappa shape index (κ3) is 5.76. The minimum atomic E-state index is -0.297. The van der Waals surface area contributed by atoms with E-state index >= 15 is 0 Å². The van der Waals surface area contributed by atoms with E-state index in [-0.39, 0.29) is 24.2 Å². The molecule has 5 nitrogen and oxygen atoms in total. The molecule has 1 fully saturated rings. The number of thiazole rings is 1. The molecule has 4 rings (SSSR count). The molecule has 0 radical (unpaired) electrons. The van der Waals surface area contributed by atoms with Gasteiger partial charge in [0.1, 0.15) is 17.4 Å². The quantitative estimate of drug-likeness (QED) is 0.518. The largest absolute Gasteiger partial charge is 0.354 e. The van der Waals surface area contributed by atoms with E-state index in [4.69, 9.17) is 11.6 Å². The summed E-state index contributed by atoms with van der Waals surface area (Å²) < 4.78 is 13.1. The number of nitrogens with one attached hydrogen (secondary N) is 1. The molecule has 3 aromatic rings. The highest BCUT2D eigenvalue weighted by Gasteiger charge is 2.28. The Labute approximate surface area is 198 Å². The van der Waals surface area contributed by atoms with Crippen LogP contribution in [-0.4, -0.2) is 40.5 Å². The molecule has 32 heavy (non-hydrogen) atoms. The van der Waals surface area contributed by atoms with Crippen LogP contribution in [-0.2, 0) is 16.0 Å². The van der Waals surface area contributed by atoms with Gasteiger partial charge in [0.05, 0.1) is 16.5 Å². The second kappa shape index (κ2) is 10.3. The third-order valence-corrected chi connectivity index (χ3v) is 6.84. The summed E-state index contributed by atoms with van der Waals surface area (Å²) in [5.41, 5.74) is 2.63. The summed E-state index contributed by atoms with van der Waals surface area (Å²) in [5, 5.41) is 6.83. The lowest BCUT2D eigenvalue weighted by Gasteiger charge is -2.16. The van der Waals surface area contributed by atoms with Crippen molar-refractivity contribution >= 4 is 52.6 Å². The van der Waals surface area contributed by atoms with Crippen LogP contribution in [0.4, 0.5) is 4.39 Å². The third-order valence-electron chi connectivity index (χ3n) is 4.77. The molecule has 0 unspecified atom stereocenters. The highest BCUT2D eigenvalue weighted by molar-refractivity contribution is 8.04. The average Bonchev–Trinajstić information content (AvgIpc) is 3.38. The number of aromatic nitrogens is 1. The molecule has 0 bridgehead atoms. The first-order valence-electron chi connectivity index (χ1n) is 9.85. The molecule has 0 saturated carbocycles. The Morgan fingerprint density at radius 2 is 1.94 bits per heavy atom. The van der Waals surface area contributed by atoms with Crippen LogP contribution in [0.15, 0.2) is 58.9 Å². The number of carbonyl (C=O) groups is 2. The van der Waals surface area contributed by atoms with Crippen LogP contribution in [0.1, 0.15) is 10.6 Å². The topological polar surface area (TPSA) is 62.3 Å². The van der Waals surface area contributed by atoms with Gasteiger partial charge in [-0.05, 0) is 48.4 Å². The summed E-state index contributed by atoms with van der Waals surface area (Å²) in [7, 11) is 0. The summed E-state index contributed by atoms with van der Waals surface area (Å²) in [6, 6.07) is 13.6. The van der Waals surface area contributed by atoms with Gasteiger partial charge < -0.3 is 5.32 Å². The Hall–Kier alpha value is -2.68. The number of carbonyl (C=O) groups excluding carboxylic acids is 2. The fourth-order valence-corrected chi connectivity index (χ4v) is 5.01. The summed E-state index contributed by atoms with van der Waals surface area (Å²) in [6.07, 6.45) is 2.49. The molecule has 0 spiro atoms. The van der Waals surface area contributed by atoms with Crippen LogP contribution >= 0.6 is 34.7 Å². The van der Waals surface area contributed by atoms with Gasteiger partial charge in [0.25, 0.3) is 0 Å².